The summed E-state index contributed by atoms with van der Waals surface area (Å²) in [6.45, 7) is 5.32. The average molecular weight is 164 g/mol. The molecule has 64 valence electrons. The Kier molecular flexibility index (Phi) is 4.32. The zero-order valence-corrected chi connectivity index (χ0v) is 7.29. The van der Waals surface area contributed by atoms with Gasteiger partial charge in [-0.3, -0.25) is 0 Å². The van der Waals surface area contributed by atoms with Gasteiger partial charge in [-0.1, -0.05) is 6.58 Å². The van der Waals surface area contributed by atoms with Crippen molar-refractivity contribution in [2.24, 2.45) is 5.73 Å². The molecule has 0 unspecified atom stereocenters. The van der Waals surface area contributed by atoms with Gasteiger partial charge in [-0.05, 0) is 24.8 Å². The molecule has 0 radical (unpaired) electrons. The van der Waals surface area contributed by atoms with E-state index in [1.54, 1.807) is 6.08 Å². The van der Waals surface area contributed by atoms with Crippen LogP contribution in [0.1, 0.15) is 6.92 Å². The van der Waals surface area contributed by atoms with Crippen LogP contribution in [0, 0.1) is 11.3 Å². The summed E-state index contributed by atoms with van der Waals surface area (Å²) in [4.78, 5) is 0. The van der Waals surface area contributed by atoms with Crippen molar-refractivity contribution in [2.75, 3.05) is 7.11 Å². The van der Waals surface area contributed by atoms with E-state index >= 15 is 0 Å². The van der Waals surface area contributed by atoms with Gasteiger partial charge < -0.3 is 10.5 Å². The number of allylic oxidation sites excluding steroid dienone is 3. The van der Waals surface area contributed by atoms with E-state index in [-0.39, 0.29) is 0 Å². The molecule has 0 fully saturated rings. The highest BCUT2D eigenvalue weighted by Gasteiger charge is 2.00. The van der Waals surface area contributed by atoms with Crippen molar-refractivity contribution in [3.05, 3.63) is 35.8 Å². The van der Waals surface area contributed by atoms with Crippen LogP contribution >= 0.6 is 0 Å². The van der Waals surface area contributed by atoms with E-state index in [2.05, 4.69) is 6.58 Å². The first-order valence-corrected chi connectivity index (χ1v) is 3.39. The summed E-state index contributed by atoms with van der Waals surface area (Å²) in [5, 5.41) is 8.50. The molecule has 3 nitrogen and oxygen atoms in total. The highest BCUT2D eigenvalue weighted by Crippen LogP contribution is 2.09. The lowest BCUT2D eigenvalue weighted by molar-refractivity contribution is 0.303. The Labute approximate surface area is 72.4 Å². The zero-order valence-electron chi connectivity index (χ0n) is 7.29. The third-order valence-corrected chi connectivity index (χ3v) is 1.27. The molecule has 12 heavy (non-hydrogen) atoms. The van der Waals surface area contributed by atoms with Crippen molar-refractivity contribution in [3.8, 4) is 6.07 Å². The fourth-order valence-electron chi connectivity index (χ4n) is 0.579. The third kappa shape index (κ3) is 2.93. The maximum Gasteiger partial charge on any atom is 0.136 e. The van der Waals surface area contributed by atoms with E-state index in [1.165, 1.54) is 13.3 Å². The summed E-state index contributed by atoms with van der Waals surface area (Å²) in [6.07, 6.45) is 3.09. The maximum absolute atomic E-state index is 8.50. The van der Waals surface area contributed by atoms with Gasteiger partial charge in [0.15, 0.2) is 0 Å². The Bertz CT molecular complexity index is 269. The second-order valence-corrected chi connectivity index (χ2v) is 2.21. The van der Waals surface area contributed by atoms with Gasteiger partial charge in [0.25, 0.3) is 0 Å². The number of nitriles is 1. The molecule has 0 bridgehead atoms. The van der Waals surface area contributed by atoms with Crippen LogP contribution in [0.5, 0.6) is 0 Å². The Morgan fingerprint density at radius 1 is 1.67 bits per heavy atom. The highest BCUT2D eigenvalue weighted by molar-refractivity contribution is 5.39. The normalized spacial score (nSPS) is 12.1. The second kappa shape index (κ2) is 5.03. The smallest absolute Gasteiger partial charge is 0.136 e. The SMILES string of the molecule is C=C(C#N)/C(=C\C(C)=C/N)OC. The van der Waals surface area contributed by atoms with Gasteiger partial charge in [0.1, 0.15) is 11.8 Å². The number of nitrogens with zero attached hydrogens (tertiary/aromatic N) is 1. The molecule has 0 aromatic rings. The zero-order chi connectivity index (χ0) is 9.56. The van der Waals surface area contributed by atoms with Gasteiger partial charge in [0.2, 0.25) is 0 Å². The molecule has 0 saturated heterocycles. The molecule has 3 heteroatoms. The minimum atomic E-state index is 0.290. The summed E-state index contributed by atoms with van der Waals surface area (Å²) < 4.78 is 4.92. The summed E-state index contributed by atoms with van der Waals surface area (Å²) in [7, 11) is 1.48. The Morgan fingerprint density at radius 2 is 2.25 bits per heavy atom. The minimum Gasteiger partial charge on any atom is -0.495 e. The molecule has 0 heterocycles. The third-order valence-electron chi connectivity index (χ3n) is 1.27. The standard InChI is InChI=1S/C9H12N2O/c1-7(5-10)4-9(12-3)8(2)6-11/h4-5H,2,10H2,1,3H3/b7-5-,9-4+. The van der Waals surface area contributed by atoms with Crippen LogP contribution in [0.15, 0.2) is 35.8 Å². The van der Waals surface area contributed by atoms with Crippen LogP contribution < -0.4 is 5.73 Å². The number of hydrogen-bond donors (Lipinski definition) is 1. The summed E-state index contributed by atoms with van der Waals surface area (Å²) in [6, 6.07) is 1.89. The number of nitrogens with two attached hydrogens (primary N) is 1. The topological polar surface area (TPSA) is 59.0 Å². The molecule has 0 aliphatic heterocycles. The van der Waals surface area contributed by atoms with E-state index in [9.17, 15) is 0 Å². The van der Waals surface area contributed by atoms with Crippen molar-refractivity contribution in [1.29, 1.82) is 5.26 Å². The average Bonchev–Trinajstić information content (AvgIpc) is 2.12. The molecular formula is C9H12N2O. The Morgan fingerprint density at radius 3 is 2.58 bits per heavy atom. The lowest BCUT2D eigenvalue weighted by atomic mass is 10.2. The molecule has 0 aliphatic rings. The van der Waals surface area contributed by atoms with Crippen molar-refractivity contribution >= 4 is 0 Å². The van der Waals surface area contributed by atoms with Crippen LogP contribution in [0.2, 0.25) is 0 Å². The maximum atomic E-state index is 8.50. The fourth-order valence-corrected chi connectivity index (χ4v) is 0.579. The van der Waals surface area contributed by atoms with Gasteiger partial charge >= 0.3 is 0 Å². The van der Waals surface area contributed by atoms with Crippen LogP contribution in [0.4, 0.5) is 0 Å². The van der Waals surface area contributed by atoms with Crippen molar-refractivity contribution < 1.29 is 4.74 Å². The molecule has 0 aliphatic carbocycles. The van der Waals surface area contributed by atoms with Crippen LogP contribution in [-0.4, -0.2) is 7.11 Å². The van der Waals surface area contributed by atoms with E-state index in [0.29, 0.717) is 11.3 Å². The lowest BCUT2D eigenvalue weighted by Gasteiger charge is -2.02. The van der Waals surface area contributed by atoms with Gasteiger partial charge in [-0.15, -0.1) is 0 Å². The fraction of sp³-hybridized carbons (Fsp3) is 0.222. The minimum absolute atomic E-state index is 0.290. The van der Waals surface area contributed by atoms with Crippen molar-refractivity contribution in [1.82, 2.24) is 0 Å². The first-order chi connectivity index (χ1) is 5.65. The van der Waals surface area contributed by atoms with Crippen molar-refractivity contribution in [3.63, 3.8) is 0 Å². The Hall–Kier alpha value is -1.69. The molecule has 0 spiro atoms. The molecule has 0 aromatic carbocycles. The molecule has 0 atom stereocenters. The lowest BCUT2D eigenvalue weighted by Crippen LogP contribution is -1.90. The Balaban J connectivity index is 4.69. The van der Waals surface area contributed by atoms with Crippen LogP contribution in [0.25, 0.3) is 0 Å². The number of rotatable bonds is 3. The molecule has 0 aromatic heterocycles. The first kappa shape index (κ1) is 10.3. The summed E-state index contributed by atoms with van der Waals surface area (Å²) in [5.74, 6) is 0.441. The molecule has 0 rings (SSSR count). The van der Waals surface area contributed by atoms with Gasteiger partial charge in [0.05, 0.1) is 12.7 Å². The largest absolute Gasteiger partial charge is 0.495 e. The number of hydrogen-bond acceptors (Lipinski definition) is 3. The molecule has 0 saturated carbocycles. The van der Waals surface area contributed by atoms with Crippen molar-refractivity contribution in [2.45, 2.75) is 6.92 Å². The van der Waals surface area contributed by atoms with E-state index in [1.807, 2.05) is 13.0 Å². The summed E-state index contributed by atoms with van der Waals surface area (Å²) >= 11 is 0. The second-order valence-electron chi connectivity index (χ2n) is 2.21. The predicted molar refractivity (Wildman–Crippen MR) is 47.8 cm³/mol. The predicted octanol–water partition coefficient (Wildman–Crippen LogP) is 1.46. The van der Waals surface area contributed by atoms with Crippen LogP contribution in [0.3, 0.4) is 0 Å². The quantitative estimate of drug-likeness (QED) is 0.390. The number of methoxy groups -OCH3 is 1. The van der Waals surface area contributed by atoms with E-state index in [4.69, 9.17) is 15.7 Å². The number of ether oxygens (including phenoxy) is 1. The van der Waals surface area contributed by atoms with E-state index in [0.717, 1.165) is 5.57 Å². The monoisotopic (exact) mass is 164 g/mol. The van der Waals surface area contributed by atoms with Crippen LogP contribution in [-0.2, 0) is 4.74 Å². The van der Waals surface area contributed by atoms with Gasteiger partial charge in [-0.25, -0.2) is 0 Å². The van der Waals surface area contributed by atoms with Gasteiger partial charge in [0, 0.05) is 0 Å². The molecular weight excluding hydrogens is 152 g/mol. The molecule has 0 amide bonds. The van der Waals surface area contributed by atoms with E-state index < -0.39 is 0 Å². The molecule has 2 N–H and O–H groups in total. The summed E-state index contributed by atoms with van der Waals surface area (Å²) in [5.41, 5.74) is 6.35. The highest BCUT2D eigenvalue weighted by atomic mass is 16.5. The van der Waals surface area contributed by atoms with Gasteiger partial charge in [-0.2, -0.15) is 5.26 Å². The first-order valence-electron chi connectivity index (χ1n) is 3.39.